The van der Waals surface area contributed by atoms with Gasteiger partial charge in [-0.05, 0) is 6.92 Å². The molecule has 0 aliphatic carbocycles. The lowest BCUT2D eigenvalue weighted by atomic mass is 10.1. The van der Waals surface area contributed by atoms with Crippen LogP contribution in [0.2, 0.25) is 0 Å². The van der Waals surface area contributed by atoms with Crippen molar-refractivity contribution < 1.29 is 14.3 Å². The number of nitrogens with zero attached hydrogens (tertiary/aromatic N) is 1. The Bertz CT molecular complexity index is 441. The van der Waals surface area contributed by atoms with Gasteiger partial charge in [0.1, 0.15) is 0 Å². The van der Waals surface area contributed by atoms with Crippen molar-refractivity contribution in [2.24, 2.45) is 5.73 Å². The zero-order valence-electron chi connectivity index (χ0n) is 8.86. The maximum atomic E-state index is 12.0. The van der Waals surface area contributed by atoms with Gasteiger partial charge in [-0.25, -0.2) is 4.79 Å². The van der Waals surface area contributed by atoms with E-state index in [0.717, 1.165) is 17.8 Å². The van der Waals surface area contributed by atoms with Crippen molar-refractivity contribution in [3.63, 3.8) is 0 Å². The Balaban J connectivity index is 2.36. The number of rotatable bonds is 2. The smallest absolute Gasteiger partial charge is 0.409 e. The summed E-state index contributed by atoms with van der Waals surface area (Å²) < 4.78 is 4.82. The lowest BCUT2D eigenvalue weighted by Crippen LogP contribution is -2.37. The van der Waals surface area contributed by atoms with Crippen LogP contribution in [0.15, 0.2) is 5.38 Å². The third-order valence-corrected chi connectivity index (χ3v) is 3.56. The molecule has 6 heteroatoms. The highest BCUT2D eigenvalue weighted by molar-refractivity contribution is 7.10. The molecule has 0 spiro atoms. The summed E-state index contributed by atoms with van der Waals surface area (Å²) in [6.45, 7) is 3.30. The van der Waals surface area contributed by atoms with Crippen LogP contribution in [0.25, 0.3) is 0 Å². The molecule has 0 saturated heterocycles. The first-order valence-electron chi connectivity index (χ1n) is 5.00. The molecule has 86 valence electrons. The molecule has 0 bridgehead atoms. The molecule has 16 heavy (non-hydrogen) atoms. The van der Waals surface area contributed by atoms with E-state index in [1.807, 2.05) is 6.92 Å². The van der Waals surface area contributed by atoms with Crippen LogP contribution in [0.4, 0.5) is 4.79 Å². The third-order valence-electron chi connectivity index (χ3n) is 2.54. The van der Waals surface area contributed by atoms with Gasteiger partial charge in [-0.3, -0.25) is 4.79 Å². The summed E-state index contributed by atoms with van der Waals surface area (Å²) in [6.07, 6.45) is -0.0798. The van der Waals surface area contributed by atoms with E-state index < -0.39 is 6.09 Å². The van der Waals surface area contributed by atoms with Gasteiger partial charge in [0.15, 0.2) is 5.75 Å². The molecule has 0 unspecified atom stereocenters. The Kier molecular flexibility index (Phi) is 2.82. The molecule has 1 aliphatic heterocycles. The lowest BCUT2D eigenvalue weighted by Gasteiger charge is -2.25. The first kappa shape index (κ1) is 10.9. The summed E-state index contributed by atoms with van der Waals surface area (Å²) in [5.41, 5.74) is 5.45. The van der Waals surface area contributed by atoms with E-state index in [1.165, 1.54) is 11.3 Å². The molecule has 0 fully saturated rings. The van der Waals surface area contributed by atoms with Crippen LogP contribution >= 0.6 is 11.3 Å². The Morgan fingerprint density at radius 2 is 2.44 bits per heavy atom. The van der Waals surface area contributed by atoms with Crippen LogP contribution in [-0.4, -0.2) is 30.0 Å². The van der Waals surface area contributed by atoms with Crippen LogP contribution in [0.3, 0.4) is 0 Å². The second kappa shape index (κ2) is 4.13. The van der Waals surface area contributed by atoms with Crippen molar-refractivity contribution in [3.8, 4) is 5.75 Å². The molecular formula is C10H12N2O3S. The number of fused-ring (bicyclic) bond motifs is 1. The zero-order valence-corrected chi connectivity index (χ0v) is 9.67. The molecule has 1 aromatic rings. The van der Waals surface area contributed by atoms with Gasteiger partial charge in [-0.2, -0.15) is 0 Å². The van der Waals surface area contributed by atoms with Crippen LogP contribution in [0.5, 0.6) is 5.75 Å². The summed E-state index contributed by atoms with van der Waals surface area (Å²) in [4.78, 5) is 25.4. The summed E-state index contributed by atoms with van der Waals surface area (Å²) in [6, 6.07) is 0. The SMILES string of the molecule is CCN1CCc2scc(OC(N)=O)c2C1=O. The average molecular weight is 240 g/mol. The molecule has 2 rings (SSSR count). The van der Waals surface area contributed by atoms with Crippen molar-refractivity contribution in [3.05, 3.63) is 15.8 Å². The standard InChI is InChI=1S/C10H12N2O3S/c1-2-12-4-3-7-8(9(12)13)6(5-16-7)15-10(11)14/h5H,2-4H2,1H3,(H2,11,14). The monoisotopic (exact) mass is 240 g/mol. The molecule has 0 saturated carbocycles. The van der Waals surface area contributed by atoms with Crippen LogP contribution in [0, 0.1) is 0 Å². The van der Waals surface area contributed by atoms with E-state index in [4.69, 9.17) is 10.5 Å². The van der Waals surface area contributed by atoms with Gasteiger partial charge in [0, 0.05) is 29.8 Å². The quantitative estimate of drug-likeness (QED) is 0.844. The Hall–Kier alpha value is -1.56. The predicted octanol–water partition coefficient (Wildman–Crippen LogP) is 1.22. The molecule has 5 nitrogen and oxygen atoms in total. The zero-order chi connectivity index (χ0) is 11.7. The summed E-state index contributed by atoms with van der Waals surface area (Å²) in [7, 11) is 0. The Morgan fingerprint density at radius 3 is 3.06 bits per heavy atom. The fraction of sp³-hybridized carbons (Fsp3) is 0.400. The molecular weight excluding hydrogens is 228 g/mol. The number of thiophene rings is 1. The van der Waals surface area contributed by atoms with Gasteiger partial charge in [-0.15, -0.1) is 11.3 Å². The van der Waals surface area contributed by atoms with Crippen molar-refractivity contribution in [1.29, 1.82) is 0 Å². The average Bonchev–Trinajstić information content (AvgIpc) is 2.62. The van der Waals surface area contributed by atoms with Gasteiger partial charge < -0.3 is 15.4 Å². The summed E-state index contributed by atoms with van der Waals surface area (Å²) in [5, 5.41) is 1.66. The Labute approximate surface area is 96.8 Å². The number of hydrogen-bond donors (Lipinski definition) is 1. The second-order valence-electron chi connectivity index (χ2n) is 3.45. The van der Waals surface area contributed by atoms with Gasteiger partial charge in [0.2, 0.25) is 0 Å². The number of carbonyl (C=O) groups excluding carboxylic acids is 2. The molecule has 2 amide bonds. The summed E-state index contributed by atoms with van der Waals surface area (Å²) in [5.74, 6) is 0.205. The molecule has 0 radical (unpaired) electrons. The third kappa shape index (κ3) is 1.76. The molecule has 1 aliphatic rings. The van der Waals surface area contributed by atoms with E-state index in [2.05, 4.69) is 0 Å². The van der Waals surface area contributed by atoms with E-state index in [-0.39, 0.29) is 11.7 Å². The van der Waals surface area contributed by atoms with Crippen LogP contribution in [0.1, 0.15) is 22.2 Å². The van der Waals surface area contributed by atoms with E-state index in [1.54, 1.807) is 10.3 Å². The van der Waals surface area contributed by atoms with Crippen LogP contribution in [-0.2, 0) is 6.42 Å². The minimum absolute atomic E-state index is 0.0822. The van der Waals surface area contributed by atoms with Gasteiger partial charge in [0.25, 0.3) is 5.91 Å². The van der Waals surface area contributed by atoms with Crippen molar-refractivity contribution >= 4 is 23.3 Å². The maximum Gasteiger partial charge on any atom is 0.410 e. The molecule has 1 aromatic heterocycles. The number of amides is 2. The second-order valence-corrected chi connectivity index (χ2v) is 4.42. The first-order chi connectivity index (χ1) is 7.63. The largest absolute Gasteiger partial charge is 0.410 e. The van der Waals surface area contributed by atoms with Crippen LogP contribution < -0.4 is 10.5 Å². The molecule has 2 N–H and O–H groups in total. The highest BCUT2D eigenvalue weighted by Gasteiger charge is 2.29. The number of nitrogens with two attached hydrogens (primary N) is 1. The highest BCUT2D eigenvalue weighted by atomic mass is 32.1. The van der Waals surface area contributed by atoms with Gasteiger partial charge in [0.05, 0.1) is 5.56 Å². The topological polar surface area (TPSA) is 72.6 Å². The lowest BCUT2D eigenvalue weighted by molar-refractivity contribution is 0.0748. The fourth-order valence-corrected chi connectivity index (χ4v) is 2.70. The summed E-state index contributed by atoms with van der Waals surface area (Å²) >= 11 is 1.43. The normalized spacial score (nSPS) is 14.8. The number of carbonyl (C=O) groups is 2. The van der Waals surface area contributed by atoms with Crippen molar-refractivity contribution in [2.75, 3.05) is 13.1 Å². The number of hydrogen-bond acceptors (Lipinski definition) is 4. The van der Waals surface area contributed by atoms with Gasteiger partial charge in [-0.1, -0.05) is 0 Å². The fourth-order valence-electron chi connectivity index (χ4n) is 1.77. The van der Waals surface area contributed by atoms with E-state index >= 15 is 0 Å². The minimum Gasteiger partial charge on any atom is -0.409 e. The van der Waals surface area contributed by atoms with Crippen molar-refractivity contribution in [2.45, 2.75) is 13.3 Å². The highest BCUT2D eigenvalue weighted by Crippen LogP contribution is 2.33. The molecule has 2 heterocycles. The number of primary amides is 1. The number of ether oxygens (including phenoxy) is 1. The molecule has 0 aromatic carbocycles. The first-order valence-corrected chi connectivity index (χ1v) is 5.88. The number of likely N-dealkylation sites (N-methyl/N-ethyl adjacent to an activating group) is 1. The van der Waals surface area contributed by atoms with E-state index in [9.17, 15) is 9.59 Å². The maximum absolute atomic E-state index is 12.0. The predicted molar refractivity (Wildman–Crippen MR) is 59.8 cm³/mol. The molecule has 0 atom stereocenters. The van der Waals surface area contributed by atoms with Crippen molar-refractivity contribution in [1.82, 2.24) is 4.90 Å². The van der Waals surface area contributed by atoms with Gasteiger partial charge >= 0.3 is 6.09 Å². The minimum atomic E-state index is -0.887. The Morgan fingerprint density at radius 1 is 1.69 bits per heavy atom. The van der Waals surface area contributed by atoms with E-state index in [0.29, 0.717) is 12.1 Å².